The van der Waals surface area contributed by atoms with E-state index in [1.807, 2.05) is 0 Å². The van der Waals surface area contributed by atoms with E-state index >= 15 is 0 Å². The zero-order chi connectivity index (χ0) is 13.7. The third-order valence-corrected chi connectivity index (χ3v) is 5.47. The zero-order valence-electron chi connectivity index (χ0n) is 13.3. The highest BCUT2D eigenvalue weighted by molar-refractivity contribution is 4.83. The number of nitrogens with zero attached hydrogens (tertiary/aromatic N) is 1. The van der Waals surface area contributed by atoms with Gasteiger partial charge < -0.3 is 10.2 Å². The SMILES string of the molecule is CCC1CCC(N2CCC(CC)NCC(C)C2)CC1. The largest absolute Gasteiger partial charge is 0.314 e. The predicted molar refractivity (Wildman–Crippen MR) is 83.5 cm³/mol. The molecule has 2 fully saturated rings. The van der Waals surface area contributed by atoms with E-state index in [2.05, 4.69) is 31.0 Å². The third kappa shape index (κ3) is 4.46. The summed E-state index contributed by atoms with van der Waals surface area (Å²) in [5.41, 5.74) is 0. The van der Waals surface area contributed by atoms with Gasteiger partial charge in [-0.2, -0.15) is 0 Å². The summed E-state index contributed by atoms with van der Waals surface area (Å²) in [4.78, 5) is 2.83. The lowest BCUT2D eigenvalue weighted by Crippen LogP contribution is -2.48. The highest BCUT2D eigenvalue weighted by Crippen LogP contribution is 2.30. The van der Waals surface area contributed by atoms with Gasteiger partial charge in [0.1, 0.15) is 0 Å². The van der Waals surface area contributed by atoms with Crippen LogP contribution in [0.2, 0.25) is 0 Å². The van der Waals surface area contributed by atoms with Crippen molar-refractivity contribution in [1.82, 2.24) is 10.2 Å². The standard InChI is InChI=1S/C17H34N2/c1-4-15-6-8-17(9-7-15)19-11-10-16(5-2)18-12-14(3)13-19/h14-18H,4-13H2,1-3H3. The van der Waals surface area contributed by atoms with E-state index in [1.54, 1.807) is 0 Å². The van der Waals surface area contributed by atoms with Crippen molar-refractivity contribution in [2.24, 2.45) is 11.8 Å². The summed E-state index contributed by atoms with van der Waals surface area (Å²) in [5.74, 6) is 1.83. The molecule has 2 nitrogen and oxygen atoms in total. The number of nitrogens with one attached hydrogen (secondary N) is 1. The molecule has 2 heteroatoms. The summed E-state index contributed by atoms with van der Waals surface area (Å²) in [7, 11) is 0. The summed E-state index contributed by atoms with van der Waals surface area (Å²) >= 11 is 0. The van der Waals surface area contributed by atoms with E-state index in [-0.39, 0.29) is 0 Å². The van der Waals surface area contributed by atoms with Crippen LogP contribution in [-0.2, 0) is 0 Å². The van der Waals surface area contributed by atoms with Crippen LogP contribution in [0.1, 0.15) is 65.7 Å². The summed E-state index contributed by atoms with van der Waals surface area (Å²) in [5, 5.41) is 3.73. The average Bonchev–Trinajstić information content (AvgIpc) is 2.43. The lowest BCUT2D eigenvalue weighted by molar-refractivity contribution is 0.103. The topological polar surface area (TPSA) is 15.3 Å². The molecular weight excluding hydrogens is 232 g/mol. The summed E-state index contributed by atoms with van der Waals surface area (Å²) < 4.78 is 0. The highest BCUT2D eigenvalue weighted by Gasteiger charge is 2.27. The van der Waals surface area contributed by atoms with Crippen molar-refractivity contribution in [2.45, 2.75) is 77.8 Å². The second kappa shape index (κ2) is 7.64. The second-order valence-corrected chi connectivity index (χ2v) is 6.99. The first kappa shape index (κ1) is 15.3. The normalized spacial score (nSPS) is 38.7. The summed E-state index contributed by atoms with van der Waals surface area (Å²) in [6, 6.07) is 1.64. The van der Waals surface area contributed by atoms with Crippen LogP contribution >= 0.6 is 0 Å². The molecule has 2 unspecified atom stereocenters. The molecule has 1 aliphatic carbocycles. The number of hydrogen-bond donors (Lipinski definition) is 1. The Labute approximate surface area is 120 Å². The Morgan fingerprint density at radius 3 is 2.37 bits per heavy atom. The van der Waals surface area contributed by atoms with Crippen LogP contribution in [0.5, 0.6) is 0 Å². The monoisotopic (exact) mass is 266 g/mol. The summed E-state index contributed by atoms with van der Waals surface area (Å²) in [6.07, 6.45) is 9.87. The first-order valence-electron chi connectivity index (χ1n) is 8.70. The van der Waals surface area contributed by atoms with Crippen LogP contribution in [0.3, 0.4) is 0 Å². The maximum Gasteiger partial charge on any atom is 0.00955 e. The Hall–Kier alpha value is -0.0800. The van der Waals surface area contributed by atoms with E-state index < -0.39 is 0 Å². The maximum absolute atomic E-state index is 3.73. The molecular formula is C17H34N2. The molecule has 19 heavy (non-hydrogen) atoms. The minimum Gasteiger partial charge on any atom is -0.314 e. The van der Waals surface area contributed by atoms with E-state index in [0.29, 0.717) is 0 Å². The maximum atomic E-state index is 3.73. The Morgan fingerprint density at radius 1 is 1.00 bits per heavy atom. The van der Waals surface area contributed by atoms with Crippen molar-refractivity contribution < 1.29 is 0 Å². The molecule has 0 amide bonds. The Kier molecular flexibility index (Phi) is 6.15. The summed E-state index contributed by atoms with van der Waals surface area (Å²) in [6.45, 7) is 10.9. The highest BCUT2D eigenvalue weighted by atomic mass is 15.2. The molecule has 112 valence electrons. The molecule has 1 heterocycles. The molecule has 0 aromatic heterocycles. The number of hydrogen-bond acceptors (Lipinski definition) is 2. The molecule has 0 aromatic carbocycles. The van der Waals surface area contributed by atoms with E-state index in [4.69, 9.17) is 0 Å². The van der Waals surface area contributed by atoms with Gasteiger partial charge in [-0.1, -0.05) is 27.2 Å². The van der Waals surface area contributed by atoms with Gasteiger partial charge in [0.05, 0.1) is 0 Å². The van der Waals surface area contributed by atoms with Gasteiger partial charge in [-0.15, -0.1) is 0 Å². The predicted octanol–water partition coefficient (Wildman–Crippen LogP) is 3.67. The van der Waals surface area contributed by atoms with Gasteiger partial charge in [-0.3, -0.25) is 0 Å². The van der Waals surface area contributed by atoms with Crippen LogP contribution in [0.4, 0.5) is 0 Å². The number of rotatable bonds is 3. The van der Waals surface area contributed by atoms with E-state index in [0.717, 1.165) is 23.9 Å². The third-order valence-electron chi connectivity index (χ3n) is 5.47. The smallest absolute Gasteiger partial charge is 0.00955 e. The van der Waals surface area contributed by atoms with Gasteiger partial charge >= 0.3 is 0 Å². The molecule has 1 saturated carbocycles. The van der Waals surface area contributed by atoms with E-state index in [9.17, 15) is 0 Å². The molecule has 0 spiro atoms. The van der Waals surface area contributed by atoms with Gasteiger partial charge in [0.2, 0.25) is 0 Å². The van der Waals surface area contributed by atoms with Gasteiger partial charge in [0.15, 0.2) is 0 Å². The average molecular weight is 266 g/mol. The molecule has 1 aliphatic heterocycles. The van der Waals surface area contributed by atoms with Crippen molar-refractivity contribution in [1.29, 1.82) is 0 Å². The van der Waals surface area contributed by atoms with Crippen LogP contribution in [-0.4, -0.2) is 36.6 Å². The quantitative estimate of drug-likeness (QED) is 0.838. The van der Waals surface area contributed by atoms with Crippen molar-refractivity contribution >= 4 is 0 Å². The van der Waals surface area contributed by atoms with Crippen molar-refractivity contribution in [3.8, 4) is 0 Å². The molecule has 0 bridgehead atoms. The molecule has 2 atom stereocenters. The van der Waals surface area contributed by atoms with Crippen molar-refractivity contribution in [3.05, 3.63) is 0 Å². The fraction of sp³-hybridized carbons (Fsp3) is 1.00. The first-order chi connectivity index (χ1) is 9.22. The van der Waals surface area contributed by atoms with Gasteiger partial charge in [-0.25, -0.2) is 0 Å². The first-order valence-corrected chi connectivity index (χ1v) is 8.70. The second-order valence-electron chi connectivity index (χ2n) is 6.99. The minimum absolute atomic E-state index is 0.747. The minimum atomic E-state index is 0.747. The van der Waals surface area contributed by atoms with Crippen molar-refractivity contribution in [2.75, 3.05) is 19.6 Å². The van der Waals surface area contributed by atoms with Crippen LogP contribution in [0.25, 0.3) is 0 Å². The Bertz CT molecular complexity index is 246. The molecule has 1 N–H and O–H groups in total. The lowest BCUT2D eigenvalue weighted by Gasteiger charge is -2.40. The van der Waals surface area contributed by atoms with E-state index in [1.165, 1.54) is 64.6 Å². The molecule has 0 aromatic rings. The molecule has 2 rings (SSSR count). The van der Waals surface area contributed by atoms with Gasteiger partial charge in [-0.05, 0) is 63.5 Å². The Morgan fingerprint density at radius 2 is 1.74 bits per heavy atom. The molecule has 1 saturated heterocycles. The van der Waals surface area contributed by atoms with Gasteiger partial charge in [0, 0.05) is 18.6 Å². The lowest BCUT2D eigenvalue weighted by atomic mass is 9.83. The van der Waals surface area contributed by atoms with Crippen LogP contribution in [0, 0.1) is 11.8 Å². The zero-order valence-corrected chi connectivity index (χ0v) is 13.3. The molecule has 0 radical (unpaired) electrons. The fourth-order valence-corrected chi connectivity index (χ4v) is 3.95. The molecule has 2 aliphatic rings. The van der Waals surface area contributed by atoms with Crippen LogP contribution < -0.4 is 5.32 Å². The van der Waals surface area contributed by atoms with Crippen LogP contribution in [0.15, 0.2) is 0 Å². The Balaban J connectivity index is 1.87. The fourth-order valence-electron chi connectivity index (χ4n) is 3.95. The van der Waals surface area contributed by atoms with Gasteiger partial charge in [0.25, 0.3) is 0 Å². The van der Waals surface area contributed by atoms with Crippen molar-refractivity contribution in [3.63, 3.8) is 0 Å².